The molecule has 164 valence electrons. The maximum Gasteiger partial charge on any atom is 0.271 e. The Morgan fingerprint density at radius 2 is 1.84 bits per heavy atom. The minimum Gasteiger partial charge on any atom is -0.497 e. The molecule has 0 spiro atoms. The third-order valence-corrected chi connectivity index (χ3v) is 8.18. The van der Waals surface area contributed by atoms with Crippen molar-refractivity contribution in [2.24, 2.45) is 0 Å². The molecule has 0 unspecified atom stereocenters. The van der Waals surface area contributed by atoms with Gasteiger partial charge in [0.25, 0.3) is 15.9 Å². The minimum absolute atomic E-state index is 0.205. The van der Waals surface area contributed by atoms with Crippen molar-refractivity contribution < 1.29 is 17.9 Å². The Labute approximate surface area is 193 Å². The van der Waals surface area contributed by atoms with Crippen LogP contribution in [0.5, 0.6) is 5.75 Å². The van der Waals surface area contributed by atoms with Crippen molar-refractivity contribution in [3.8, 4) is 17.0 Å². The summed E-state index contributed by atoms with van der Waals surface area (Å²) in [6, 6.07) is 17.0. The summed E-state index contributed by atoms with van der Waals surface area (Å²) in [5, 5.41) is 4.95. The molecule has 0 fully saturated rings. The molecule has 0 atom stereocenters. The second-order valence-electron chi connectivity index (χ2n) is 6.72. The summed E-state index contributed by atoms with van der Waals surface area (Å²) in [6.07, 6.45) is 0. The van der Waals surface area contributed by atoms with E-state index in [1.54, 1.807) is 36.8 Å². The van der Waals surface area contributed by atoms with Crippen LogP contribution < -0.4 is 14.8 Å². The number of ether oxygens (including phenoxy) is 1. The average Bonchev–Trinajstić information content (AvgIpc) is 3.44. The lowest BCUT2D eigenvalue weighted by Gasteiger charge is -2.08. The van der Waals surface area contributed by atoms with Crippen molar-refractivity contribution in [3.63, 3.8) is 0 Å². The number of thiazole rings is 1. The van der Waals surface area contributed by atoms with Gasteiger partial charge in [-0.1, -0.05) is 12.1 Å². The number of thiophene rings is 1. The third-order valence-electron chi connectivity index (χ3n) is 4.52. The number of hydrogen-bond acceptors (Lipinski definition) is 7. The predicted octanol–water partition coefficient (Wildman–Crippen LogP) is 5.24. The van der Waals surface area contributed by atoms with E-state index in [0.29, 0.717) is 16.4 Å². The van der Waals surface area contributed by atoms with Gasteiger partial charge in [0.05, 0.1) is 12.8 Å². The lowest BCUT2D eigenvalue weighted by atomic mass is 10.1. The normalized spacial score (nSPS) is 11.2. The van der Waals surface area contributed by atoms with Crippen molar-refractivity contribution in [1.29, 1.82) is 0 Å². The van der Waals surface area contributed by atoms with Gasteiger partial charge in [0.15, 0.2) is 5.13 Å². The number of carbonyl (C=O) groups excluding carboxylic acids is 1. The zero-order chi connectivity index (χ0) is 22.7. The summed E-state index contributed by atoms with van der Waals surface area (Å²) in [6.45, 7) is 1.94. The smallest absolute Gasteiger partial charge is 0.271 e. The average molecular weight is 486 g/mol. The van der Waals surface area contributed by atoms with Crippen LogP contribution in [0, 0.1) is 6.92 Å². The number of amides is 1. The van der Waals surface area contributed by atoms with E-state index in [4.69, 9.17) is 4.74 Å². The van der Waals surface area contributed by atoms with E-state index in [-0.39, 0.29) is 10.1 Å². The Kier molecular flexibility index (Phi) is 6.26. The first-order valence-corrected chi connectivity index (χ1v) is 12.6. The number of rotatable bonds is 7. The number of aromatic nitrogens is 1. The first-order valence-electron chi connectivity index (χ1n) is 9.45. The molecule has 1 amide bonds. The summed E-state index contributed by atoms with van der Waals surface area (Å²) >= 11 is 2.49. The molecule has 0 radical (unpaired) electrons. The SMILES string of the molecule is COc1ccc(-c2nc(NC(=O)c3cccc(NS(=O)(=O)c4cccs4)c3)sc2C)cc1. The summed E-state index contributed by atoms with van der Waals surface area (Å²) in [5.41, 5.74) is 2.32. The molecular weight excluding hydrogens is 466 g/mol. The number of sulfonamides is 1. The quantitative estimate of drug-likeness (QED) is 0.373. The Hall–Kier alpha value is -3.21. The van der Waals surface area contributed by atoms with Gasteiger partial charge in [0, 0.05) is 21.7 Å². The fraction of sp³-hybridized carbons (Fsp3) is 0.0909. The van der Waals surface area contributed by atoms with E-state index in [0.717, 1.165) is 33.2 Å². The number of nitrogens with one attached hydrogen (secondary N) is 2. The van der Waals surface area contributed by atoms with E-state index in [1.807, 2.05) is 31.2 Å². The van der Waals surface area contributed by atoms with Crippen LogP contribution in [0.2, 0.25) is 0 Å². The third kappa shape index (κ3) is 4.82. The van der Waals surface area contributed by atoms with Crippen LogP contribution >= 0.6 is 22.7 Å². The highest BCUT2D eigenvalue weighted by Crippen LogP contribution is 2.31. The Balaban J connectivity index is 1.50. The van der Waals surface area contributed by atoms with Crippen LogP contribution in [0.3, 0.4) is 0 Å². The van der Waals surface area contributed by atoms with E-state index in [1.165, 1.54) is 23.5 Å². The maximum atomic E-state index is 12.8. The van der Waals surface area contributed by atoms with Crippen LogP contribution in [0.1, 0.15) is 15.2 Å². The van der Waals surface area contributed by atoms with Crippen molar-refractivity contribution in [1.82, 2.24) is 4.98 Å². The molecule has 4 aromatic rings. The molecule has 10 heteroatoms. The molecule has 2 aromatic heterocycles. The first-order chi connectivity index (χ1) is 15.4. The molecule has 0 saturated heterocycles. The van der Waals surface area contributed by atoms with Gasteiger partial charge in [-0.05, 0) is 60.8 Å². The molecule has 7 nitrogen and oxygen atoms in total. The fourth-order valence-corrected chi connectivity index (χ4v) is 5.85. The number of nitrogens with zero attached hydrogens (tertiary/aromatic N) is 1. The lowest BCUT2D eigenvalue weighted by Crippen LogP contribution is -2.14. The maximum absolute atomic E-state index is 12.8. The van der Waals surface area contributed by atoms with Crippen molar-refractivity contribution in [2.75, 3.05) is 17.1 Å². The minimum atomic E-state index is -3.69. The van der Waals surface area contributed by atoms with E-state index in [9.17, 15) is 13.2 Å². The molecule has 2 N–H and O–H groups in total. The standard InChI is InChI=1S/C22H19N3O4S3/c1-14-20(15-8-10-18(29-2)11-9-15)23-22(31-14)24-21(26)16-5-3-6-17(13-16)25-32(27,28)19-7-4-12-30-19/h3-13,25H,1-2H3,(H,23,24,26). The van der Waals surface area contributed by atoms with Crippen LogP contribution in [0.4, 0.5) is 10.8 Å². The first kappa shape index (κ1) is 22.0. The summed E-state index contributed by atoms with van der Waals surface area (Å²) in [4.78, 5) is 18.3. The largest absolute Gasteiger partial charge is 0.497 e. The highest BCUT2D eigenvalue weighted by Gasteiger charge is 2.17. The number of aryl methyl sites for hydroxylation is 1. The molecule has 32 heavy (non-hydrogen) atoms. The highest BCUT2D eigenvalue weighted by atomic mass is 32.2. The molecule has 0 bridgehead atoms. The van der Waals surface area contributed by atoms with Gasteiger partial charge in [-0.25, -0.2) is 13.4 Å². The van der Waals surface area contributed by atoms with Crippen molar-refractivity contribution in [2.45, 2.75) is 11.1 Å². The molecule has 0 aliphatic rings. The molecule has 0 aliphatic heterocycles. The van der Waals surface area contributed by atoms with Gasteiger partial charge in [0.1, 0.15) is 9.96 Å². The second-order valence-corrected chi connectivity index (χ2v) is 10.8. The molecule has 4 rings (SSSR count). The van der Waals surface area contributed by atoms with Crippen LogP contribution in [-0.2, 0) is 10.0 Å². The zero-order valence-corrected chi connectivity index (χ0v) is 19.6. The monoisotopic (exact) mass is 485 g/mol. The van der Waals surface area contributed by atoms with Gasteiger partial charge < -0.3 is 4.74 Å². The molecule has 2 heterocycles. The highest BCUT2D eigenvalue weighted by molar-refractivity contribution is 7.94. The zero-order valence-electron chi connectivity index (χ0n) is 17.2. The Bertz CT molecular complexity index is 1350. The fourth-order valence-electron chi connectivity index (χ4n) is 2.98. The van der Waals surface area contributed by atoms with Gasteiger partial charge in [-0.15, -0.1) is 22.7 Å². The summed E-state index contributed by atoms with van der Waals surface area (Å²) < 4.78 is 32.8. The lowest BCUT2D eigenvalue weighted by molar-refractivity contribution is 0.102. The Morgan fingerprint density at radius 1 is 1.06 bits per heavy atom. The molecule has 2 aromatic carbocycles. The van der Waals surface area contributed by atoms with Crippen molar-refractivity contribution in [3.05, 3.63) is 76.5 Å². The number of carbonyl (C=O) groups is 1. The van der Waals surface area contributed by atoms with Gasteiger partial charge in [0.2, 0.25) is 0 Å². The van der Waals surface area contributed by atoms with E-state index >= 15 is 0 Å². The van der Waals surface area contributed by atoms with Gasteiger partial charge in [-0.2, -0.15) is 0 Å². The van der Waals surface area contributed by atoms with E-state index in [2.05, 4.69) is 15.0 Å². The van der Waals surface area contributed by atoms with Crippen LogP contribution in [-0.4, -0.2) is 26.4 Å². The summed E-state index contributed by atoms with van der Waals surface area (Å²) in [5.74, 6) is 0.377. The van der Waals surface area contributed by atoms with Crippen molar-refractivity contribution >= 4 is 49.4 Å². The number of methoxy groups -OCH3 is 1. The molecular formula is C22H19N3O4S3. The van der Waals surface area contributed by atoms with Gasteiger partial charge in [-0.3, -0.25) is 14.8 Å². The second kappa shape index (κ2) is 9.11. The topological polar surface area (TPSA) is 97.4 Å². The molecule has 0 saturated carbocycles. The van der Waals surface area contributed by atoms with E-state index < -0.39 is 10.0 Å². The number of hydrogen-bond donors (Lipinski definition) is 2. The van der Waals surface area contributed by atoms with Crippen LogP contribution in [0.15, 0.2) is 70.3 Å². The number of anilines is 2. The molecule has 0 aliphatic carbocycles. The summed E-state index contributed by atoms with van der Waals surface area (Å²) in [7, 11) is -2.08. The Morgan fingerprint density at radius 3 is 2.53 bits per heavy atom. The predicted molar refractivity (Wildman–Crippen MR) is 128 cm³/mol. The number of benzene rings is 2. The van der Waals surface area contributed by atoms with Crippen LogP contribution in [0.25, 0.3) is 11.3 Å². The van der Waals surface area contributed by atoms with Gasteiger partial charge >= 0.3 is 0 Å².